The molecule has 0 aromatic heterocycles. The third kappa shape index (κ3) is 4.15. The molecule has 1 aromatic rings. The Balaban J connectivity index is 1.89. The molecule has 1 aliphatic heterocycles. The molecule has 21 heavy (non-hydrogen) atoms. The Hall–Kier alpha value is -1.17. The molecule has 0 aliphatic carbocycles. The molecule has 6 heteroatoms. The number of halogens is 2. The molecule has 0 spiro atoms. The lowest BCUT2D eigenvalue weighted by Crippen LogP contribution is -2.51. The van der Waals surface area contributed by atoms with Gasteiger partial charge in [0.2, 0.25) is 0 Å². The Bertz CT molecular complexity index is 483. The zero-order valence-corrected chi connectivity index (χ0v) is 13.2. The first-order valence-electron chi connectivity index (χ1n) is 7.14. The summed E-state index contributed by atoms with van der Waals surface area (Å²) in [7, 11) is 2.10. The van der Waals surface area contributed by atoms with Gasteiger partial charge in [-0.1, -0.05) is 17.7 Å². The van der Waals surface area contributed by atoms with Gasteiger partial charge >= 0.3 is 0 Å². The third-order valence-corrected chi connectivity index (χ3v) is 4.22. The summed E-state index contributed by atoms with van der Waals surface area (Å²) in [5.41, 5.74) is -0.0789. The minimum atomic E-state index is -0.591. The Morgan fingerprint density at radius 2 is 2.05 bits per heavy atom. The highest BCUT2D eigenvalue weighted by Gasteiger charge is 2.21. The lowest BCUT2D eigenvalue weighted by atomic mass is 10.2. The lowest BCUT2D eigenvalue weighted by molar-refractivity contribution is 0.0900. The van der Waals surface area contributed by atoms with E-state index in [0.29, 0.717) is 6.54 Å². The quantitative estimate of drug-likeness (QED) is 0.921. The number of piperazine rings is 1. The van der Waals surface area contributed by atoms with Gasteiger partial charge < -0.3 is 10.2 Å². The van der Waals surface area contributed by atoms with E-state index in [0.717, 1.165) is 26.2 Å². The Kier molecular flexibility index (Phi) is 5.56. The zero-order valence-electron chi connectivity index (χ0n) is 12.4. The van der Waals surface area contributed by atoms with Gasteiger partial charge in [-0.2, -0.15) is 0 Å². The number of benzene rings is 1. The van der Waals surface area contributed by atoms with E-state index < -0.39 is 11.7 Å². The van der Waals surface area contributed by atoms with Crippen LogP contribution in [-0.4, -0.2) is 61.5 Å². The topological polar surface area (TPSA) is 35.6 Å². The maximum absolute atomic E-state index is 13.7. The van der Waals surface area contributed by atoms with Crippen molar-refractivity contribution in [3.8, 4) is 0 Å². The average Bonchev–Trinajstić information content (AvgIpc) is 2.45. The minimum absolute atomic E-state index is 0.0789. The molecule has 1 aliphatic rings. The van der Waals surface area contributed by atoms with Gasteiger partial charge in [0.15, 0.2) is 0 Å². The summed E-state index contributed by atoms with van der Waals surface area (Å²) >= 11 is 5.89. The van der Waals surface area contributed by atoms with Crippen LogP contribution in [0.25, 0.3) is 0 Å². The molecule has 0 unspecified atom stereocenters. The molecule has 116 valence electrons. The second-order valence-electron chi connectivity index (χ2n) is 5.49. The van der Waals surface area contributed by atoms with E-state index in [1.54, 1.807) is 0 Å². The number of rotatable bonds is 4. The largest absolute Gasteiger partial charge is 0.350 e. The van der Waals surface area contributed by atoms with Crippen LogP contribution in [0.5, 0.6) is 0 Å². The molecule has 1 heterocycles. The summed E-state index contributed by atoms with van der Waals surface area (Å²) in [6.45, 7) is 6.55. The second-order valence-corrected chi connectivity index (χ2v) is 5.90. The highest BCUT2D eigenvalue weighted by Crippen LogP contribution is 2.18. The summed E-state index contributed by atoms with van der Waals surface area (Å²) in [6, 6.07) is 4.46. The van der Waals surface area contributed by atoms with Gasteiger partial charge in [-0.15, -0.1) is 0 Å². The fourth-order valence-electron chi connectivity index (χ4n) is 2.44. The number of hydrogen-bond acceptors (Lipinski definition) is 3. The van der Waals surface area contributed by atoms with Crippen LogP contribution in [0.4, 0.5) is 4.39 Å². The van der Waals surface area contributed by atoms with Crippen molar-refractivity contribution in [1.29, 1.82) is 0 Å². The van der Waals surface area contributed by atoms with Crippen LogP contribution >= 0.6 is 11.6 Å². The summed E-state index contributed by atoms with van der Waals surface area (Å²) in [6.07, 6.45) is 0. The van der Waals surface area contributed by atoms with E-state index in [4.69, 9.17) is 11.6 Å². The molecule has 0 radical (unpaired) electrons. The van der Waals surface area contributed by atoms with E-state index in [1.165, 1.54) is 18.2 Å². The third-order valence-electron chi connectivity index (χ3n) is 3.91. The van der Waals surface area contributed by atoms with E-state index in [-0.39, 0.29) is 16.6 Å². The minimum Gasteiger partial charge on any atom is -0.350 e. The fourth-order valence-corrected chi connectivity index (χ4v) is 2.68. The van der Waals surface area contributed by atoms with Crippen LogP contribution in [-0.2, 0) is 0 Å². The molecule has 0 bridgehead atoms. The van der Waals surface area contributed by atoms with Crippen LogP contribution in [0.3, 0.4) is 0 Å². The van der Waals surface area contributed by atoms with Gasteiger partial charge in [0, 0.05) is 38.8 Å². The Morgan fingerprint density at radius 1 is 1.38 bits per heavy atom. The van der Waals surface area contributed by atoms with Crippen molar-refractivity contribution in [3.63, 3.8) is 0 Å². The number of amides is 1. The fraction of sp³-hybridized carbons (Fsp3) is 0.533. The van der Waals surface area contributed by atoms with E-state index in [2.05, 4.69) is 29.1 Å². The van der Waals surface area contributed by atoms with Gasteiger partial charge in [0.05, 0.1) is 10.6 Å². The molecule has 2 rings (SSSR count). The van der Waals surface area contributed by atoms with E-state index in [1.807, 2.05) is 0 Å². The molecular weight excluding hydrogens is 293 g/mol. The number of hydrogen-bond donors (Lipinski definition) is 1. The summed E-state index contributed by atoms with van der Waals surface area (Å²) in [4.78, 5) is 16.7. The molecule has 1 aromatic carbocycles. The average molecular weight is 314 g/mol. The van der Waals surface area contributed by atoms with Crippen molar-refractivity contribution in [1.82, 2.24) is 15.1 Å². The maximum Gasteiger partial charge on any atom is 0.255 e. The van der Waals surface area contributed by atoms with Crippen molar-refractivity contribution in [2.45, 2.75) is 13.0 Å². The number of carbonyl (C=O) groups is 1. The van der Waals surface area contributed by atoms with E-state index >= 15 is 0 Å². The van der Waals surface area contributed by atoms with Crippen molar-refractivity contribution < 1.29 is 9.18 Å². The second kappa shape index (κ2) is 7.20. The van der Waals surface area contributed by atoms with Crippen LogP contribution in [0.15, 0.2) is 18.2 Å². The van der Waals surface area contributed by atoms with Crippen molar-refractivity contribution in [2.75, 3.05) is 39.8 Å². The molecule has 1 fully saturated rings. The van der Waals surface area contributed by atoms with Crippen LogP contribution in [0.2, 0.25) is 5.02 Å². The predicted molar refractivity (Wildman–Crippen MR) is 82.3 cm³/mol. The molecule has 0 saturated carbocycles. The number of carbonyl (C=O) groups excluding carboxylic acids is 1. The predicted octanol–water partition coefficient (Wildman–Crippen LogP) is 1.84. The standard InChI is InChI=1S/C15H21ClFN3O/c1-11(20-8-6-19(2)7-9-20)10-18-15(21)14-12(16)4-3-5-13(14)17/h3-5,11H,6-10H2,1-2H3,(H,18,21)/t11-/m0/s1. The lowest BCUT2D eigenvalue weighted by Gasteiger charge is -2.36. The molecule has 1 atom stereocenters. The van der Waals surface area contributed by atoms with Crippen molar-refractivity contribution >= 4 is 17.5 Å². The van der Waals surface area contributed by atoms with Crippen LogP contribution in [0, 0.1) is 5.82 Å². The van der Waals surface area contributed by atoms with Crippen LogP contribution in [0.1, 0.15) is 17.3 Å². The monoisotopic (exact) mass is 313 g/mol. The van der Waals surface area contributed by atoms with Gasteiger partial charge in [-0.05, 0) is 26.1 Å². The number of nitrogens with zero attached hydrogens (tertiary/aromatic N) is 2. The Morgan fingerprint density at radius 3 is 2.67 bits per heavy atom. The molecule has 1 amide bonds. The summed E-state index contributed by atoms with van der Waals surface area (Å²) in [5.74, 6) is -1.05. The van der Waals surface area contributed by atoms with E-state index in [9.17, 15) is 9.18 Å². The van der Waals surface area contributed by atoms with Gasteiger partial charge in [0.25, 0.3) is 5.91 Å². The number of likely N-dealkylation sites (N-methyl/N-ethyl adjacent to an activating group) is 1. The van der Waals surface area contributed by atoms with Crippen molar-refractivity contribution in [2.24, 2.45) is 0 Å². The Labute approximate surface area is 129 Å². The summed E-state index contributed by atoms with van der Waals surface area (Å²) < 4.78 is 13.7. The zero-order chi connectivity index (χ0) is 15.4. The van der Waals surface area contributed by atoms with Gasteiger partial charge in [-0.3, -0.25) is 9.69 Å². The maximum atomic E-state index is 13.7. The molecule has 1 saturated heterocycles. The van der Waals surface area contributed by atoms with Crippen LogP contribution < -0.4 is 5.32 Å². The number of nitrogens with one attached hydrogen (secondary N) is 1. The first-order chi connectivity index (χ1) is 9.99. The SMILES string of the molecule is C[C@@H](CNC(=O)c1c(F)cccc1Cl)N1CCN(C)CC1. The first-order valence-corrected chi connectivity index (χ1v) is 7.51. The molecule has 4 nitrogen and oxygen atoms in total. The molecular formula is C15H21ClFN3O. The summed E-state index contributed by atoms with van der Waals surface area (Å²) in [5, 5.41) is 2.91. The molecule has 1 N–H and O–H groups in total. The normalized spacial score (nSPS) is 18.5. The highest BCUT2D eigenvalue weighted by molar-refractivity contribution is 6.33. The highest BCUT2D eigenvalue weighted by atomic mass is 35.5. The van der Waals surface area contributed by atoms with Gasteiger partial charge in [0.1, 0.15) is 5.82 Å². The van der Waals surface area contributed by atoms with Crippen molar-refractivity contribution in [3.05, 3.63) is 34.6 Å². The first kappa shape index (κ1) is 16.2. The smallest absolute Gasteiger partial charge is 0.255 e. The van der Waals surface area contributed by atoms with Gasteiger partial charge in [-0.25, -0.2) is 4.39 Å².